The molecule has 0 aromatic carbocycles. The molecule has 0 heterocycles. The maximum Gasteiger partial charge on any atom is 0.328 e. The molecule has 7 nitrogen and oxygen atoms in total. The maximum atomic E-state index is 12.1. The molecule has 0 saturated carbocycles. The SMILES string of the molecule is CN[C@H](CC(C)C)C(=O)OCCCCCCOC(=O)[C@H](CC(C)C)NC(C)=O. The van der Waals surface area contributed by atoms with Gasteiger partial charge in [0.15, 0.2) is 0 Å². The molecule has 0 saturated heterocycles. The number of ether oxygens (including phenoxy) is 2. The van der Waals surface area contributed by atoms with Crippen LogP contribution in [0.15, 0.2) is 0 Å². The summed E-state index contributed by atoms with van der Waals surface area (Å²) in [6.07, 6.45) is 4.66. The molecule has 0 bridgehead atoms. The summed E-state index contributed by atoms with van der Waals surface area (Å²) in [5.41, 5.74) is 0. The van der Waals surface area contributed by atoms with Crippen molar-refractivity contribution >= 4 is 17.8 Å². The van der Waals surface area contributed by atoms with Crippen LogP contribution in [0, 0.1) is 11.8 Å². The van der Waals surface area contributed by atoms with E-state index in [0.717, 1.165) is 32.1 Å². The summed E-state index contributed by atoms with van der Waals surface area (Å²) in [6, 6.07) is -0.829. The predicted octanol–water partition coefficient (Wildman–Crippen LogP) is 2.82. The number of rotatable bonds is 15. The quantitative estimate of drug-likeness (QED) is 0.324. The summed E-state index contributed by atoms with van der Waals surface area (Å²) in [5, 5.41) is 5.64. The van der Waals surface area contributed by atoms with E-state index < -0.39 is 6.04 Å². The number of carbonyl (C=O) groups excluding carboxylic acids is 3. The fourth-order valence-electron chi connectivity index (χ4n) is 2.84. The average Bonchev–Trinajstić information content (AvgIpc) is 2.59. The Balaban J connectivity index is 3.89. The number of carbonyl (C=O) groups is 3. The second-order valence-electron chi connectivity index (χ2n) is 8.10. The van der Waals surface area contributed by atoms with Gasteiger partial charge in [-0.3, -0.25) is 9.59 Å². The molecule has 2 atom stereocenters. The van der Waals surface area contributed by atoms with Crippen LogP contribution in [-0.4, -0.2) is 50.2 Å². The van der Waals surface area contributed by atoms with Crippen LogP contribution in [0.2, 0.25) is 0 Å². The number of unbranched alkanes of at least 4 members (excludes halogenated alkanes) is 3. The summed E-state index contributed by atoms with van der Waals surface area (Å²) >= 11 is 0. The Morgan fingerprint density at radius 1 is 0.750 bits per heavy atom. The topological polar surface area (TPSA) is 93.7 Å². The fourth-order valence-corrected chi connectivity index (χ4v) is 2.84. The van der Waals surface area contributed by atoms with Gasteiger partial charge in [0, 0.05) is 6.92 Å². The number of amides is 1. The van der Waals surface area contributed by atoms with Crippen LogP contribution in [0.1, 0.15) is 73.1 Å². The Hall–Kier alpha value is -1.63. The largest absolute Gasteiger partial charge is 0.465 e. The molecular weight excluding hydrogens is 360 g/mol. The van der Waals surface area contributed by atoms with Gasteiger partial charge in [0.25, 0.3) is 0 Å². The van der Waals surface area contributed by atoms with E-state index in [1.54, 1.807) is 7.05 Å². The molecule has 0 aliphatic heterocycles. The minimum Gasteiger partial charge on any atom is -0.465 e. The van der Waals surface area contributed by atoms with Crippen LogP contribution >= 0.6 is 0 Å². The Morgan fingerprint density at radius 2 is 1.18 bits per heavy atom. The van der Waals surface area contributed by atoms with Crippen molar-refractivity contribution in [2.75, 3.05) is 20.3 Å². The highest BCUT2D eigenvalue weighted by Crippen LogP contribution is 2.09. The first kappa shape index (κ1) is 26.4. The predicted molar refractivity (Wildman–Crippen MR) is 110 cm³/mol. The molecule has 0 aromatic rings. The van der Waals surface area contributed by atoms with E-state index in [9.17, 15) is 14.4 Å². The molecule has 0 aliphatic carbocycles. The van der Waals surface area contributed by atoms with Crippen LogP contribution in [-0.2, 0) is 23.9 Å². The molecule has 2 N–H and O–H groups in total. The van der Waals surface area contributed by atoms with Crippen LogP contribution in [0.3, 0.4) is 0 Å². The van der Waals surface area contributed by atoms with Gasteiger partial charge in [-0.25, -0.2) is 4.79 Å². The lowest BCUT2D eigenvalue weighted by molar-refractivity contribution is -0.148. The van der Waals surface area contributed by atoms with Gasteiger partial charge in [-0.05, 0) is 57.4 Å². The molecule has 7 heteroatoms. The molecule has 0 radical (unpaired) electrons. The fraction of sp³-hybridized carbons (Fsp3) is 0.857. The average molecular weight is 401 g/mol. The number of likely N-dealkylation sites (N-methyl/N-ethyl adjacent to an activating group) is 1. The van der Waals surface area contributed by atoms with Crippen LogP contribution in [0.25, 0.3) is 0 Å². The molecule has 0 aliphatic rings. The highest BCUT2D eigenvalue weighted by Gasteiger charge is 2.22. The van der Waals surface area contributed by atoms with E-state index in [1.807, 2.05) is 13.8 Å². The standard InChI is InChI=1S/C21H40N2O5/c1-15(2)13-18(22-6)20(25)27-11-9-7-8-10-12-28-21(26)19(14-16(3)4)23-17(5)24/h15-16,18-19,22H,7-14H2,1-6H3,(H,23,24)/t18-,19+/m1/s1. The lowest BCUT2D eigenvalue weighted by Gasteiger charge is -2.18. The molecule has 0 fully saturated rings. The zero-order valence-electron chi connectivity index (χ0n) is 18.5. The van der Waals surface area contributed by atoms with Crippen molar-refractivity contribution in [1.29, 1.82) is 0 Å². The number of esters is 2. The van der Waals surface area contributed by atoms with Crippen LogP contribution in [0.5, 0.6) is 0 Å². The first-order valence-electron chi connectivity index (χ1n) is 10.4. The molecule has 164 valence electrons. The Morgan fingerprint density at radius 3 is 1.57 bits per heavy atom. The third-order valence-corrected chi connectivity index (χ3v) is 4.24. The zero-order valence-corrected chi connectivity index (χ0v) is 18.5. The molecule has 1 amide bonds. The van der Waals surface area contributed by atoms with E-state index >= 15 is 0 Å². The van der Waals surface area contributed by atoms with Crippen LogP contribution in [0.4, 0.5) is 0 Å². The van der Waals surface area contributed by atoms with Gasteiger partial charge < -0.3 is 20.1 Å². The first-order chi connectivity index (χ1) is 13.2. The molecule has 28 heavy (non-hydrogen) atoms. The van der Waals surface area contributed by atoms with Crippen molar-refractivity contribution in [3.8, 4) is 0 Å². The van der Waals surface area contributed by atoms with Gasteiger partial charge in [0.05, 0.1) is 13.2 Å². The van der Waals surface area contributed by atoms with E-state index in [4.69, 9.17) is 9.47 Å². The van der Waals surface area contributed by atoms with Gasteiger partial charge in [0.2, 0.25) is 5.91 Å². The van der Waals surface area contributed by atoms with E-state index in [0.29, 0.717) is 25.6 Å². The Labute approximate surface area is 170 Å². The smallest absolute Gasteiger partial charge is 0.328 e. The van der Waals surface area contributed by atoms with Crippen molar-refractivity contribution in [1.82, 2.24) is 10.6 Å². The van der Waals surface area contributed by atoms with E-state index in [-0.39, 0.29) is 29.8 Å². The third-order valence-electron chi connectivity index (χ3n) is 4.24. The molecule has 0 rings (SSSR count). The number of hydrogen-bond donors (Lipinski definition) is 2. The lowest BCUT2D eigenvalue weighted by atomic mass is 10.0. The zero-order chi connectivity index (χ0) is 21.5. The minimum absolute atomic E-state index is 0.195. The molecule has 0 unspecified atom stereocenters. The highest BCUT2D eigenvalue weighted by atomic mass is 16.5. The summed E-state index contributed by atoms with van der Waals surface area (Å²) in [4.78, 5) is 35.3. The van der Waals surface area contributed by atoms with Crippen molar-refractivity contribution in [3.63, 3.8) is 0 Å². The third kappa shape index (κ3) is 13.5. The summed E-state index contributed by atoms with van der Waals surface area (Å²) in [6.45, 7) is 10.3. The van der Waals surface area contributed by atoms with Crippen molar-refractivity contribution in [2.45, 2.75) is 85.2 Å². The van der Waals surface area contributed by atoms with Crippen LogP contribution < -0.4 is 10.6 Å². The maximum absolute atomic E-state index is 12.1. The van der Waals surface area contributed by atoms with Gasteiger partial charge in [-0.15, -0.1) is 0 Å². The molecule has 0 aromatic heterocycles. The summed E-state index contributed by atoms with van der Waals surface area (Å²) < 4.78 is 10.6. The summed E-state index contributed by atoms with van der Waals surface area (Å²) in [5.74, 6) is -0.0833. The van der Waals surface area contributed by atoms with Gasteiger partial charge in [-0.2, -0.15) is 0 Å². The van der Waals surface area contributed by atoms with Crippen molar-refractivity contribution < 1.29 is 23.9 Å². The van der Waals surface area contributed by atoms with Gasteiger partial charge in [0.1, 0.15) is 12.1 Å². The Kier molecular flexibility index (Phi) is 14.4. The first-order valence-corrected chi connectivity index (χ1v) is 10.4. The number of nitrogens with one attached hydrogen (secondary N) is 2. The second kappa shape index (κ2) is 15.3. The van der Waals surface area contributed by atoms with E-state index in [1.165, 1.54) is 6.92 Å². The molecule has 0 spiro atoms. The van der Waals surface area contributed by atoms with Gasteiger partial charge in [-0.1, -0.05) is 27.7 Å². The highest BCUT2D eigenvalue weighted by molar-refractivity contribution is 5.83. The van der Waals surface area contributed by atoms with E-state index in [2.05, 4.69) is 24.5 Å². The van der Waals surface area contributed by atoms with Crippen molar-refractivity contribution in [3.05, 3.63) is 0 Å². The Bertz CT molecular complexity index is 466. The second-order valence-corrected chi connectivity index (χ2v) is 8.10. The monoisotopic (exact) mass is 400 g/mol. The minimum atomic E-state index is -0.581. The van der Waals surface area contributed by atoms with Crippen molar-refractivity contribution in [2.24, 2.45) is 11.8 Å². The van der Waals surface area contributed by atoms with Gasteiger partial charge >= 0.3 is 11.9 Å². The lowest BCUT2D eigenvalue weighted by Crippen LogP contribution is -2.41. The summed E-state index contributed by atoms with van der Waals surface area (Å²) in [7, 11) is 1.77. The number of hydrogen-bond acceptors (Lipinski definition) is 6. The molecular formula is C21H40N2O5. The normalized spacial score (nSPS) is 13.3.